The maximum absolute atomic E-state index is 7.35. The second-order valence-electron chi connectivity index (χ2n) is 3.53. The Morgan fingerprint density at radius 2 is 2.20 bits per heavy atom. The second kappa shape index (κ2) is 3.27. The van der Waals surface area contributed by atoms with E-state index >= 15 is 0 Å². The van der Waals surface area contributed by atoms with E-state index in [1.807, 2.05) is 25.1 Å². The number of hydrogen-bond donors (Lipinski definition) is 2. The number of nitrogens with two attached hydrogens (primary N) is 1. The molecule has 0 saturated carbocycles. The predicted molar refractivity (Wildman–Crippen MR) is 59.4 cm³/mol. The zero-order valence-corrected chi connectivity index (χ0v) is 8.61. The van der Waals surface area contributed by atoms with E-state index in [2.05, 4.69) is 5.16 Å². The van der Waals surface area contributed by atoms with Crippen molar-refractivity contribution in [3.63, 3.8) is 0 Å². The van der Waals surface area contributed by atoms with Crippen molar-refractivity contribution in [1.82, 2.24) is 5.16 Å². The van der Waals surface area contributed by atoms with Crippen LogP contribution in [0.1, 0.15) is 5.56 Å². The van der Waals surface area contributed by atoms with Gasteiger partial charge in [-0.3, -0.25) is 5.41 Å². The monoisotopic (exact) mass is 204 g/mol. The molecule has 0 aliphatic heterocycles. The fourth-order valence-corrected chi connectivity index (χ4v) is 1.42. The fourth-order valence-electron chi connectivity index (χ4n) is 1.42. The summed E-state index contributed by atoms with van der Waals surface area (Å²) < 4.78 is 5.14. The Hall–Kier alpha value is -2.04. The maximum atomic E-state index is 7.35. The Labute approximate surface area is 87.0 Å². The van der Waals surface area contributed by atoms with Crippen LogP contribution in [0, 0.1) is 5.41 Å². The summed E-state index contributed by atoms with van der Waals surface area (Å²) in [5.41, 5.74) is 6.79. The molecule has 0 atom stereocenters. The largest absolute Gasteiger partial charge is 0.384 e. The zero-order valence-electron chi connectivity index (χ0n) is 8.61. The summed E-state index contributed by atoms with van der Waals surface area (Å²) in [5.74, 6) is 0.788. The third-order valence-corrected chi connectivity index (χ3v) is 2.19. The van der Waals surface area contributed by atoms with Crippen LogP contribution in [0.5, 0.6) is 0 Å². The molecule has 3 N–H and O–H groups in total. The number of rotatable bonds is 2. The molecule has 5 nitrogen and oxygen atoms in total. The second-order valence-corrected chi connectivity index (χ2v) is 3.53. The third kappa shape index (κ3) is 1.52. The van der Waals surface area contributed by atoms with Gasteiger partial charge in [0.25, 0.3) is 0 Å². The first kappa shape index (κ1) is 9.51. The van der Waals surface area contributed by atoms with Gasteiger partial charge in [-0.2, -0.15) is 0 Å². The maximum Gasteiger partial charge on any atom is 0.179 e. The minimum Gasteiger partial charge on any atom is -0.384 e. The molecule has 0 saturated heterocycles. The van der Waals surface area contributed by atoms with Crippen molar-refractivity contribution in [2.24, 2.45) is 5.73 Å². The summed E-state index contributed by atoms with van der Waals surface area (Å²) in [5, 5.41) is 12.2. The molecule has 0 radical (unpaired) electrons. The molecule has 0 fully saturated rings. The SMILES string of the molecule is CN(C)c1noc2ccc(C(=N)N)cc12. The van der Waals surface area contributed by atoms with E-state index in [1.54, 1.807) is 12.1 Å². The number of nitrogens with zero attached hydrogens (tertiary/aromatic N) is 2. The Bertz CT molecular complexity index is 515. The fraction of sp³-hybridized carbons (Fsp3) is 0.200. The molecule has 0 amide bonds. The molecule has 0 bridgehead atoms. The highest BCUT2D eigenvalue weighted by Gasteiger charge is 2.10. The highest BCUT2D eigenvalue weighted by molar-refractivity contribution is 6.00. The van der Waals surface area contributed by atoms with Crippen molar-refractivity contribution in [2.45, 2.75) is 0 Å². The van der Waals surface area contributed by atoms with E-state index < -0.39 is 0 Å². The van der Waals surface area contributed by atoms with Crippen LogP contribution in [-0.4, -0.2) is 25.1 Å². The van der Waals surface area contributed by atoms with Gasteiger partial charge in [0.15, 0.2) is 11.4 Å². The van der Waals surface area contributed by atoms with Gasteiger partial charge in [0.05, 0.1) is 5.39 Å². The predicted octanol–water partition coefficient (Wildman–Crippen LogP) is 1.18. The molecule has 1 aromatic heterocycles. The highest BCUT2D eigenvalue weighted by Crippen LogP contribution is 2.25. The molecule has 15 heavy (non-hydrogen) atoms. The number of aromatic nitrogens is 1. The van der Waals surface area contributed by atoms with Crippen LogP contribution < -0.4 is 10.6 Å². The molecule has 78 valence electrons. The summed E-state index contributed by atoms with van der Waals surface area (Å²) >= 11 is 0. The standard InChI is InChI=1S/C10H12N4O/c1-14(2)10-7-5-6(9(11)12)3-4-8(7)15-13-10/h3-5H,1-2H3,(H3,11,12). The average Bonchev–Trinajstić information content (AvgIpc) is 2.59. The topological polar surface area (TPSA) is 79.1 Å². The number of anilines is 1. The molecule has 2 aromatic rings. The molecule has 1 aromatic carbocycles. The highest BCUT2D eigenvalue weighted by atomic mass is 16.5. The van der Waals surface area contributed by atoms with Crippen LogP contribution in [0.4, 0.5) is 5.82 Å². The van der Waals surface area contributed by atoms with Gasteiger partial charge in [0.1, 0.15) is 5.84 Å². The molecular weight excluding hydrogens is 192 g/mol. The number of nitrogen functional groups attached to an aromatic ring is 1. The van der Waals surface area contributed by atoms with Gasteiger partial charge >= 0.3 is 0 Å². The molecule has 2 rings (SSSR count). The molecule has 0 aliphatic rings. The zero-order chi connectivity index (χ0) is 11.0. The number of nitrogens with one attached hydrogen (secondary N) is 1. The third-order valence-electron chi connectivity index (χ3n) is 2.19. The van der Waals surface area contributed by atoms with Crippen molar-refractivity contribution in [2.75, 3.05) is 19.0 Å². The van der Waals surface area contributed by atoms with Gasteiger partial charge in [0, 0.05) is 19.7 Å². The number of hydrogen-bond acceptors (Lipinski definition) is 4. The number of benzene rings is 1. The van der Waals surface area contributed by atoms with E-state index in [-0.39, 0.29) is 5.84 Å². The molecule has 0 unspecified atom stereocenters. The van der Waals surface area contributed by atoms with Gasteiger partial charge in [-0.05, 0) is 18.2 Å². The van der Waals surface area contributed by atoms with E-state index in [9.17, 15) is 0 Å². The summed E-state index contributed by atoms with van der Waals surface area (Å²) in [6, 6.07) is 5.32. The van der Waals surface area contributed by atoms with Crippen molar-refractivity contribution in [3.05, 3.63) is 23.8 Å². The summed E-state index contributed by atoms with van der Waals surface area (Å²) in [4.78, 5) is 1.86. The molecule has 0 spiro atoms. The van der Waals surface area contributed by atoms with Crippen LogP contribution >= 0.6 is 0 Å². The average molecular weight is 204 g/mol. The lowest BCUT2D eigenvalue weighted by atomic mass is 10.1. The summed E-state index contributed by atoms with van der Waals surface area (Å²) in [6.45, 7) is 0. The Kier molecular flexibility index (Phi) is 2.07. The first-order valence-electron chi connectivity index (χ1n) is 4.51. The number of amidine groups is 1. The van der Waals surface area contributed by atoms with E-state index in [0.29, 0.717) is 11.1 Å². The Morgan fingerprint density at radius 1 is 1.47 bits per heavy atom. The Balaban J connectivity index is 2.66. The van der Waals surface area contributed by atoms with Crippen molar-refractivity contribution >= 4 is 22.6 Å². The summed E-state index contributed by atoms with van der Waals surface area (Å²) in [6.07, 6.45) is 0. The molecule has 5 heteroatoms. The van der Waals surface area contributed by atoms with Gasteiger partial charge in [0.2, 0.25) is 0 Å². The first-order chi connectivity index (χ1) is 7.09. The summed E-state index contributed by atoms with van der Waals surface area (Å²) in [7, 11) is 3.77. The van der Waals surface area contributed by atoms with Gasteiger partial charge in [-0.15, -0.1) is 0 Å². The molecule has 1 heterocycles. The van der Waals surface area contributed by atoms with Crippen molar-refractivity contribution < 1.29 is 4.52 Å². The van der Waals surface area contributed by atoms with Gasteiger partial charge in [-0.25, -0.2) is 0 Å². The van der Waals surface area contributed by atoms with Crippen LogP contribution in [0.25, 0.3) is 11.0 Å². The van der Waals surface area contributed by atoms with Gasteiger partial charge < -0.3 is 15.2 Å². The van der Waals surface area contributed by atoms with Crippen LogP contribution in [0.15, 0.2) is 22.7 Å². The van der Waals surface area contributed by atoms with Crippen LogP contribution in [0.3, 0.4) is 0 Å². The van der Waals surface area contributed by atoms with Crippen LogP contribution in [0.2, 0.25) is 0 Å². The molecular formula is C10H12N4O. The van der Waals surface area contributed by atoms with Crippen LogP contribution in [-0.2, 0) is 0 Å². The Morgan fingerprint density at radius 3 is 2.80 bits per heavy atom. The normalized spacial score (nSPS) is 10.5. The van der Waals surface area contributed by atoms with E-state index in [0.717, 1.165) is 11.2 Å². The van der Waals surface area contributed by atoms with Gasteiger partial charge in [-0.1, -0.05) is 5.16 Å². The first-order valence-corrected chi connectivity index (χ1v) is 4.51. The smallest absolute Gasteiger partial charge is 0.179 e. The lowest BCUT2D eigenvalue weighted by Gasteiger charge is -2.07. The van der Waals surface area contributed by atoms with Crippen molar-refractivity contribution in [3.8, 4) is 0 Å². The number of fused-ring (bicyclic) bond motifs is 1. The lowest BCUT2D eigenvalue weighted by Crippen LogP contribution is -2.11. The molecule has 0 aliphatic carbocycles. The van der Waals surface area contributed by atoms with E-state index in [1.165, 1.54) is 0 Å². The van der Waals surface area contributed by atoms with Crippen molar-refractivity contribution in [1.29, 1.82) is 5.41 Å². The quantitative estimate of drug-likeness (QED) is 0.568. The minimum atomic E-state index is 0.0443. The minimum absolute atomic E-state index is 0.0443. The van der Waals surface area contributed by atoms with E-state index in [4.69, 9.17) is 15.7 Å². The lowest BCUT2D eigenvalue weighted by molar-refractivity contribution is 0.457.